The van der Waals surface area contributed by atoms with Gasteiger partial charge in [0.1, 0.15) is 0 Å². The molecule has 7 heteroatoms. The zero-order valence-corrected chi connectivity index (χ0v) is 12.9. The molecule has 0 aromatic heterocycles. The summed E-state index contributed by atoms with van der Waals surface area (Å²) in [5.74, 6) is -0.275. The fourth-order valence-corrected chi connectivity index (χ4v) is 2.16. The van der Waals surface area contributed by atoms with Crippen LogP contribution in [0.4, 0.5) is 11.4 Å². The van der Waals surface area contributed by atoms with E-state index >= 15 is 0 Å². The normalized spacial score (nSPS) is 13.1. The number of rotatable bonds is 5. The number of sulfonamides is 1. The van der Waals surface area contributed by atoms with Gasteiger partial charge >= 0.3 is 0 Å². The molecule has 1 rings (SSSR count). The second-order valence-electron chi connectivity index (χ2n) is 5.16. The first-order chi connectivity index (χ1) is 9.10. The van der Waals surface area contributed by atoms with Crippen LogP contribution in [0, 0.1) is 12.8 Å². The largest absolute Gasteiger partial charge is 0.325 e. The number of hydrogen-bond acceptors (Lipinski definition) is 4. The van der Waals surface area contributed by atoms with Crippen LogP contribution in [-0.2, 0) is 14.8 Å². The zero-order chi connectivity index (χ0) is 15.5. The van der Waals surface area contributed by atoms with Crippen molar-refractivity contribution in [2.45, 2.75) is 26.8 Å². The summed E-state index contributed by atoms with van der Waals surface area (Å²) in [5.41, 5.74) is 7.46. The predicted molar refractivity (Wildman–Crippen MR) is 81.1 cm³/mol. The lowest BCUT2D eigenvalue weighted by atomic mass is 10.0. The topological polar surface area (TPSA) is 101 Å². The number of benzene rings is 1. The maximum absolute atomic E-state index is 11.9. The van der Waals surface area contributed by atoms with E-state index in [0.717, 1.165) is 11.8 Å². The molecule has 0 bridgehead atoms. The van der Waals surface area contributed by atoms with Gasteiger partial charge in [-0.2, -0.15) is 0 Å². The van der Waals surface area contributed by atoms with Crippen LogP contribution in [0.2, 0.25) is 0 Å². The van der Waals surface area contributed by atoms with Crippen LogP contribution in [0.5, 0.6) is 0 Å². The quantitative estimate of drug-likeness (QED) is 0.762. The summed E-state index contributed by atoms with van der Waals surface area (Å²) in [7, 11) is -3.36. The lowest BCUT2D eigenvalue weighted by Crippen LogP contribution is -2.39. The minimum atomic E-state index is -3.36. The molecule has 1 amide bonds. The van der Waals surface area contributed by atoms with E-state index in [0.29, 0.717) is 11.4 Å². The summed E-state index contributed by atoms with van der Waals surface area (Å²) < 4.78 is 24.9. The average molecular weight is 299 g/mol. The second kappa shape index (κ2) is 6.23. The third-order valence-corrected chi connectivity index (χ3v) is 3.41. The van der Waals surface area contributed by atoms with Gasteiger partial charge in [-0.05, 0) is 30.5 Å². The number of carbonyl (C=O) groups is 1. The molecular weight excluding hydrogens is 278 g/mol. The van der Waals surface area contributed by atoms with Crippen LogP contribution < -0.4 is 15.8 Å². The van der Waals surface area contributed by atoms with E-state index in [2.05, 4.69) is 10.0 Å². The minimum absolute atomic E-state index is 0.0223. The molecule has 0 aliphatic rings. The van der Waals surface area contributed by atoms with Crippen molar-refractivity contribution in [2.24, 2.45) is 11.7 Å². The zero-order valence-electron chi connectivity index (χ0n) is 12.1. The molecule has 0 unspecified atom stereocenters. The summed E-state index contributed by atoms with van der Waals surface area (Å²) in [6.45, 7) is 5.49. The van der Waals surface area contributed by atoms with E-state index < -0.39 is 16.1 Å². The standard InChI is InChI=1S/C13H21N3O3S/c1-8(2)12(14)13(17)15-10-6-5-9(3)11(7-10)16-20(4,18)19/h5-8,12,16H,14H2,1-4H3,(H,15,17)/t12-/m0/s1. The van der Waals surface area contributed by atoms with Crippen LogP contribution in [-0.4, -0.2) is 26.6 Å². The number of amides is 1. The Kier molecular flexibility index (Phi) is 5.13. The first-order valence-electron chi connectivity index (χ1n) is 6.25. The highest BCUT2D eigenvalue weighted by atomic mass is 32.2. The number of aryl methyl sites for hydroxylation is 1. The Bertz CT molecular complexity index is 597. The van der Waals surface area contributed by atoms with Gasteiger partial charge in [-0.1, -0.05) is 19.9 Å². The Labute approximate surface area is 119 Å². The van der Waals surface area contributed by atoms with Crippen molar-refractivity contribution in [3.05, 3.63) is 23.8 Å². The number of anilines is 2. The number of hydrogen-bond donors (Lipinski definition) is 3. The highest BCUT2D eigenvalue weighted by Gasteiger charge is 2.17. The maximum Gasteiger partial charge on any atom is 0.241 e. The van der Waals surface area contributed by atoms with Crippen LogP contribution in [0.15, 0.2) is 18.2 Å². The Morgan fingerprint density at radius 2 is 1.90 bits per heavy atom. The molecule has 0 saturated heterocycles. The van der Waals surface area contributed by atoms with Gasteiger partial charge < -0.3 is 11.1 Å². The molecule has 0 aliphatic heterocycles. The summed E-state index contributed by atoms with van der Waals surface area (Å²) in [5, 5.41) is 2.68. The van der Waals surface area contributed by atoms with Crippen LogP contribution >= 0.6 is 0 Å². The van der Waals surface area contributed by atoms with E-state index in [-0.39, 0.29) is 11.8 Å². The average Bonchev–Trinajstić information content (AvgIpc) is 2.30. The van der Waals surface area contributed by atoms with Gasteiger partial charge in [-0.3, -0.25) is 9.52 Å². The molecule has 1 aromatic carbocycles. The highest BCUT2D eigenvalue weighted by molar-refractivity contribution is 7.92. The van der Waals surface area contributed by atoms with E-state index in [4.69, 9.17) is 5.73 Å². The van der Waals surface area contributed by atoms with Crippen LogP contribution in [0.3, 0.4) is 0 Å². The first-order valence-corrected chi connectivity index (χ1v) is 8.14. The summed E-state index contributed by atoms with van der Waals surface area (Å²) in [4.78, 5) is 11.9. The summed E-state index contributed by atoms with van der Waals surface area (Å²) in [6.07, 6.45) is 1.08. The first kappa shape index (κ1) is 16.5. The van der Waals surface area contributed by atoms with Gasteiger partial charge in [0.25, 0.3) is 0 Å². The number of nitrogens with two attached hydrogens (primary N) is 1. The molecule has 0 saturated carbocycles. The van der Waals surface area contributed by atoms with Gasteiger partial charge in [0, 0.05) is 5.69 Å². The van der Waals surface area contributed by atoms with Crippen molar-refractivity contribution >= 4 is 27.3 Å². The van der Waals surface area contributed by atoms with E-state index in [9.17, 15) is 13.2 Å². The van der Waals surface area contributed by atoms with Crippen molar-refractivity contribution in [2.75, 3.05) is 16.3 Å². The number of carbonyl (C=O) groups excluding carboxylic acids is 1. The molecule has 6 nitrogen and oxygen atoms in total. The molecule has 0 spiro atoms. The van der Waals surface area contributed by atoms with Crippen molar-refractivity contribution in [1.29, 1.82) is 0 Å². The van der Waals surface area contributed by atoms with Gasteiger partial charge in [-0.25, -0.2) is 8.42 Å². The van der Waals surface area contributed by atoms with Crippen molar-refractivity contribution in [3.63, 3.8) is 0 Å². The van der Waals surface area contributed by atoms with Crippen molar-refractivity contribution in [1.82, 2.24) is 0 Å². The molecule has 112 valence electrons. The third-order valence-electron chi connectivity index (χ3n) is 2.82. The third kappa shape index (κ3) is 4.82. The lowest BCUT2D eigenvalue weighted by molar-refractivity contribution is -0.118. The molecule has 20 heavy (non-hydrogen) atoms. The highest BCUT2D eigenvalue weighted by Crippen LogP contribution is 2.21. The molecule has 1 aromatic rings. The Hall–Kier alpha value is -1.60. The summed E-state index contributed by atoms with van der Waals surface area (Å²) in [6, 6.07) is 4.39. The maximum atomic E-state index is 11.9. The molecule has 0 heterocycles. The molecule has 0 radical (unpaired) electrons. The van der Waals surface area contributed by atoms with Crippen molar-refractivity contribution in [3.8, 4) is 0 Å². The molecular formula is C13H21N3O3S. The SMILES string of the molecule is Cc1ccc(NC(=O)[C@@H](N)C(C)C)cc1NS(C)(=O)=O. The van der Waals surface area contributed by atoms with E-state index in [1.165, 1.54) is 0 Å². The predicted octanol–water partition coefficient (Wildman–Crippen LogP) is 1.29. The Balaban J connectivity index is 2.93. The molecule has 4 N–H and O–H groups in total. The lowest BCUT2D eigenvalue weighted by Gasteiger charge is -2.16. The molecule has 0 fully saturated rings. The van der Waals surface area contributed by atoms with Gasteiger partial charge in [0.2, 0.25) is 15.9 Å². The second-order valence-corrected chi connectivity index (χ2v) is 6.91. The molecule has 0 aliphatic carbocycles. The Morgan fingerprint density at radius 3 is 2.40 bits per heavy atom. The van der Waals surface area contributed by atoms with E-state index in [1.807, 2.05) is 13.8 Å². The van der Waals surface area contributed by atoms with Gasteiger partial charge in [0.15, 0.2) is 0 Å². The van der Waals surface area contributed by atoms with Crippen molar-refractivity contribution < 1.29 is 13.2 Å². The fraction of sp³-hybridized carbons (Fsp3) is 0.462. The van der Waals surface area contributed by atoms with Crippen LogP contribution in [0.25, 0.3) is 0 Å². The minimum Gasteiger partial charge on any atom is -0.325 e. The fourth-order valence-electron chi connectivity index (χ4n) is 1.54. The molecule has 1 atom stereocenters. The Morgan fingerprint density at radius 1 is 1.30 bits per heavy atom. The monoisotopic (exact) mass is 299 g/mol. The van der Waals surface area contributed by atoms with Gasteiger partial charge in [-0.15, -0.1) is 0 Å². The summed E-state index contributed by atoms with van der Waals surface area (Å²) >= 11 is 0. The van der Waals surface area contributed by atoms with Gasteiger partial charge in [0.05, 0.1) is 18.0 Å². The van der Waals surface area contributed by atoms with Crippen LogP contribution in [0.1, 0.15) is 19.4 Å². The smallest absolute Gasteiger partial charge is 0.241 e. The number of nitrogens with one attached hydrogen (secondary N) is 2. The van der Waals surface area contributed by atoms with E-state index in [1.54, 1.807) is 25.1 Å².